The van der Waals surface area contributed by atoms with Crippen LogP contribution in [0.2, 0.25) is 0 Å². The molecule has 3 heteroatoms. The van der Waals surface area contributed by atoms with Crippen LogP contribution >= 0.6 is 15.9 Å². The van der Waals surface area contributed by atoms with Gasteiger partial charge < -0.3 is 10.2 Å². The molecule has 1 heterocycles. The van der Waals surface area contributed by atoms with E-state index < -0.39 is 0 Å². The molecule has 1 aromatic rings. The van der Waals surface area contributed by atoms with Gasteiger partial charge in [-0.2, -0.15) is 0 Å². The summed E-state index contributed by atoms with van der Waals surface area (Å²) in [6, 6.07) is 5.04. The Kier molecular flexibility index (Phi) is 3.62. The Bertz CT molecular complexity index is 501. The van der Waals surface area contributed by atoms with Gasteiger partial charge in [0.2, 0.25) is 0 Å². The number of hydrogen-bond acceptors (Lipinski definition) is 2. The number of nitrogens with one attached hydrogen (secondary N) is 1. The lowest BCUT2D eigenvalue weighted by Gasteiger charge is -2.47. The van der Waals surface area contributed by atoms with Crippen molar-refractivity contribution in [1.82, 2.24) is 5.32 Å². The average Bonchev–Trinajstić information content (AvgIpc) is 3.17. The fourth-order valence-electron chi connectivity index (χ4n) is 3.71. The number of nitrogens with zero attached hydrogens (tertiary/aromatic N) is 1. The summed E-state index contributed by atoms with van der Waals surface area (Å²) in [4.78, 5) is 2.63. The Balaban J connectivity index is 1.95. The monoisotopic (exact) mass is 336 g/mol. The first kappa shape index (κ1) is 14.4. The third-order valence-corrected chi connectivity index (χ3v) is 5.51. The van der Waals surface area contributed by atoms with Crippen molar-refractivity contribution in [2.45, 2.75) is 52.1 Å². The first-order valence-electron chi connectivity index (χ1n) is 7.69. The van der Waals surface area contributed by atoms with Gasteiger partial charge in [0.05, 0.1) is 0 Å². The molecule has 1 aliphatic heterocycles. The zero-order valence-electron chi connectivity index (χ0n) is 13.0. The fourth-order valence-corrected chi connectivity index (χ4v) is 4.39. The highest BCUT2D eigenvalue weighted by Gasteiger charge is 2.45. The van der Waals surface area contributed by atoms with Crippen LogP contribution < -0.4 is 10.2 Å². The van der Waals surface area contributed by atoms with Gasteiger partial charge in [0.15, 0.2) is 0 Å². The molecule has 3 rings (SSSR count). The van der Waals surface area contributed by atoms with E-state index in [1.807, 2.05) is 0 Å². The van der Waals surface area contributed by atoms with Gasteiger partial charge in [-0.15, -0.1) is 0 Å². The van der Waals surface area contributed by atoms with Gasteiger partial charge in [-0.1, -0.05) is 15.9 Å². The Morgan fingerprint density at radius 1 is 1.25 bits per heavy atom. The van der Waals surface area contributed by atoms with Gasteiger partial charge in [0.1, 0.15) is 0 Å². The first-order valence-corrected chi connectivity index (χ1v) is 8.48. The third-order valence-electron chi connectivity index (χ3n) is 5.05. The molecule has 1 saturated heterocycles. The lowest BCUT2D eigenvalue weighted by molar-refractivity contribution is 0.260. The number of benzene rings is 1. The second-order valence-electron chi connectivity index (χ2n) is 6.94. The molecule has 1 saturated carbocycles. The maximum Gasteiger partial charge on any atom is 0.0429 e. The second-order valence-corrected chi connectivity index (χ2v) is 7.85. The molecule has 0 spiro atoms. The molecule has 2 nitrogen and oxygen atoms in total. The van der Waals surface area contributed by atoms with E-state index in [1.165, 1.54) is 34.1 Å². The van der Waals surface area contributed by atoms with Crippen molar-refractivity contribution >= 4 is 21.6 Å². The molecule has 2 fully saturated rings. The number of piperazine rings is 1. The highest BCUT2D eigenvalue weighted by molar-refractivity contribution is 9.10. The van der Waals surface area contributed by atoms with Gasteiger partial charge in [-0.05, 0) is 69.7 Å². The molecule has 20 heavy (non-hydrogen) atoms. The summed E-state index contributed by atoms with van der Waals surface area (Å²) in [5, 5.41) is 3.81. The topological polar surface area (TPSA) is 15.3 Å². The average molecular weight is 337 g/mol. The maximum absolute atomic E-state index is 3.81. The van der Waals surface area contributed by atoms with E-state index in [4.69, 9.17) is 0 Å². The zero-order chi connectivity index (χ0) is 14.5. The predicted molar refractivity (Wildman–Crippen MR) is 89.6 cm³/mol. The van der Waals surface area contributed by atoms with Crippen molar-refractivity contribution in [3.63, 3.8) is 0 Å². The summed E-state index contributed by atoms with van der Waals surface area (Å²) in [6.45, 7) is 11.4. The second kappa shape index (κ2) is 5.03. The highest BCUT2D eigenvalue weighted by atomic mass is 79.9. The Morgan fingerprint density at radius 2 is 1.85 bits per heavy atom. The maximum atomic E-state index is 3.81. The first-order chi connectivity index (χ1) is 9.40. The van der Waals surface area contributed by atoms with Crippen molar-refractivity contribution in [1.29, 1.82) is 0 Å². The molecule has 0 bridgehead atoms. The van der Waals surface area contributed by atoms with E-state index in [-0.39, 0.29) is 0 Å². The van der Waals surface area contributed by atoms with Gasteiger partial charge in [-0.25, -0.2) is 0 Å². The number of anilines is 1. The normalized spacial score (nSPS) is 30.6. The van der Waals surface area contributed by atoms with Gasteiger partial charge in [0, 0.05) is 34.8 Å². The minimum Gasteiger partial charge on any atom is -0.365 e. The summed E-state index contributed by atoms with van der Waals surface area (Å²) in [5.74, 6) is 0.869. The number of hydrogen-bond donors (Lipinski definition) is 1. The number of rotatable bonds is 2. The van der Waals surface area contributed by atoms with Crippen LogP contribution in [0.4, 0.5) is 5.69 Å². The highest BCUT2D eigenvalue weighted by Crippen LogP contribution is 2.43. The number of halogens is 1. The van der Waals surface area contributed by atoms with Gasteiger partial charge in [-0.3, -0.25) is 0 Å². The van der Waals surface area contributed by atoms with Gasteiger partial charge in [0.25, 0.3) is 0 Å². The lowest BCUT2D eigenvalue weighted by atomic mass is 9.90. The molecular formula is C17H25BrN2. The quantitative estimate of drug-likeness (QED) is 0.876. The fraction of sp³-hybridized carbons (Fsp3) is 0.647. The van der Waals surface area contributed by atoms with Crippen LogP contribution in [-0.4, -0.2) is 24.7 Å². The molecule has 0 amide bonds. The van der Waals surface area contributed by atoms with Crippen LogP contribution in [0.3, 0.4) is 0 Å². The van der Waals surface area contributed by atoms with Crippen molar-refractivity contribution in [3.05, 3.63) is 27.7 Å². The largest absolute Gasteiger partial charge is 0.365 e. The summed E-state index contributed by atoms with van der Waals surface area (Å²) in [6.07, 6.45) is 2.79. The van der Waals surface area contributed by atoms with E-state index in [1.54, 1.807) is 0 Å². The van der Waals surface area contributed by atoms with Crippen molar-refractivity contribution in [3.8, 4) is 0 Å². The molecule has 0 radical (unpaired) electrons. The van der Waals surface area contributed by atoms with Crippen LogP contribution in [0.1, 0.15) is 37.8 Å². The minimum atomic E-state index is 0.290. The van der Waals surface area contributed by atoms with Crippen molar-refractivity contribution < 1.29 is 0 Å². The van der Waals surface area contributed by atoms with Gasteiger partial charge >= 0.3 is 0 Å². The van der Waals surface area contributed by atoms with E-state index in [9.17, 15) is 0 Å². The van der Waals surface area contributed by atoms with E-state index in [2.05, 4.69) is 66.0 Å². The minimum absolute atomic E-state index is 0.290. The molecular weight excluding hydrogens is 312 g/mol. The van der Waals surface area contributed by atoms with Crippen molar-refractivity contribution in [2.24, 2.45) is 5.92 Å². The molecule has 2 unspecified atom stereocenters. The molecule has 2 atom stereocenters. The molecule has 1 N–H and O–H groups in total. The molecule has 1 aromatic carbocycles. The Labute approximate surface area is 131 Å². The molecule has 110 valence electrons. The van der Waals surface area contributed by atoms with Crippen molar-refractivity contribution in [2.75, 3.05) is 18.0 Å². The van der Waals surface area contributed by atoms with E-state index >= 15 is 0 Å². The smallest absolute Gasteiger partial charge is 0.0429 e. The molecule has 1 aliphatic carbocycles. The Morgan fingerprint density at radius 3 is 2.40 bits per heavy atom. The van der Waals surface area contributed by atoms with Crippen LogP contribution in [-0.2, 0) is 0 Å². The summed E-state index contributed by atoms with van der Waals surface area (Å²) >= 11 is 3.61. The van der Waals surface area contributed by atoms with Crippen LogP contribution in [0.25, 0.3) is 0 Å². The number of aryl methyl sites for hydroxylation is 2. The zero-order valence-corrected chi connectivity index (χ0v) is 14.5. The van der Waals surface area contributed by atoms with E-state index in [0.29, 0.717) is 11.6 Å². The summed E-state index contributed by atoms with van der Waals surface area (Å²) < 4.78 is 1.18. The SMILES string of the molecule is Cc1cc(Br)cc(C)c1N1CC(C)(C2CC2)NCC1C. The van der Waals surface area contributed by atoms with E-state index in [0.717, 1.165) is 19.0 Å². The van der Waals surface area contributed by atoms with Crippen LogP contribution in [0, 0.1) is 19.8 Å². The summed E-state index contributed by atoms with van der Waals surface area (Å²) in [5.41, 5.74) is 4.49. The standard InChI is InChI=1S/C17H25BrN2/c1-11-7-15(18)8-12(2)16(11)20-10-17(4,14-5-6-14)19-9-13(20)3/h7-8,13-14,19H,5-6,9-10H2,1-4H3. The Hall–Kier alpha value is -0.540. The predicted octanol–water partition coefficient (Wildman–Crippen LogP) is 4.03. The summed E-state index contributed by atoms with van der Waals surface area (Å²) in [7, 11) is 0. The van der Waals surface area contributed by atoms with Crippen LogP contribution in [0.15, 0.2) is 16.6 Å². The third kappa shape index (κ3) is 2.50. The lowest BCUT2D eigenvalue weighted by Crippen LogP contribution is -2.63. The van der Waals surface area contributed by atoms with Crippen LogP contribution in [0.5, 0.6) is 0 Å². The molecule has 0 aromatic heterocycles. The molecule has 2 aliphatic rings.